The predicted octanol–water partition coefficient (Wildman–Crippen LogP) is 2.53. The molecule has 1 aliphatic carbocycles. The van der Waals surface area contributed by atoms with Gasteiger partial charge in [-0.25, -0.2) is 38.4 Å². The van der Waals surface area contributed by atoms with E-state index in [-0.39, 0.29) is 73.8 Å². The van der Waals surface area contributed by atoms with Crippen molar-refractivity contribution in [3.63, 3.8) is 0 Å². The molecular formula is C74H78N8O28. The second-order valence-electron chi connectivity index (χ2n) is 30.7. The number of nitrogens with one attached hydrogen (secondary N) is 4. The van der Waals surface area contributed by atoms with Crippen LogP contribution in [-0.4, -0.2) is 202 Å². The number of carbonyl (C=O) groups is 16. The third-order valence-corrected chi connectivity index (χ3v) is 21.6. The monoisotopic (exact) mass is 1530 g/mol. The minimum Gasteiger partial charge on any atom is -0.459 e. The van der Waals surface area contributed by atoms with Gasteiger partial charge in [0, 0.05) is 48.0 Å². The van der Waals surface area contributed by atoms with Crippen LogP contribution in [0.2, 0.25) is 0 Å². The second kappa shape index (κ2) is 28.2. The highest BCUT2D eigenvalue weighted by molar-refractivity contribution is 6.10. The number of rotatable bonds is 23. The summed E-state index contributed by atoms with van der Waals surface area (Å²) in [6.45, 7) is 24.3. The van der Waals surface area contributed by atoms with Crippen LogP contribution in [-0.2, 0) is 128 Å². The molecule has 110 heavy (non-hydrogen) atoms. The van der Waals surface area contributed by atoms with Gasteiger partial charge in [0.25, 0.3) is 47.3 Å². The number of hydrogen-bond acceptors (Lipinski definition) is 28. The standard InChI is InChI=1S/C38H44N4O14.C36H34N4O14/c1-18(2)31(47)51-16-37-10-8-21(53-37)23-25(37)29(45)41(27(23)43)55-33(49)39-15-36(7)13-20(12-35(5,6)14-36)40-34(50)56-42-28(44)24-22-9-11-38(54-22,26(24)30(42)46)17-52-32(48)19(3)4;1-17(2)31(45)49-15-35-10-8-21(51-35)23-25(35)29(43)39(27(23)41)53-33(47)37-13-19-6-5-7-20(12-19)14-38-34(48)54-40-28(42)24-22-9-11-36(52-22,26(24)30(40)44)16-50-32(46)18(3)4/h8-11,20-26H,1,3,12-17H2,2,4-7H3,(H,39,49)(H,40,50);5-12,21-26H,1,3,13-16H2,2,4H3,(H,37,47)(H,38,48). The van der Waals surface area contributed by atoms with Gasteiger partial charge in [0.1, 0.15) is 48.8 Å². The quantitative estimate of drug-likeness (QED) is 0.0402. The van der Waals surface area contributed by atoms with Crippen molar-refractivity contribution in [3.8, 4) is 0 Å². The maximum atomic E-state index is 13.5. The Morgan fingerprint density at radius 3 is 1.02 bits per heavy atom. The number of benzene rings is 1. The van der Waals surface area contributed by atoms with Crippen LogP contribution in [0.15, 0.2) is 121 Å². The molecule has 18 unspecified atom stereocenters. The third kappa shape index (κ3) is 13.6. The lowest BCUT2D eigenvalue weighted by atomic mass is 9.62. The Bertz CT molecular complexity index is 4330. The number of nitrogens with zero attached hydrogens (tertiary/aromatic N) is 4. The molecule has 8 bridgehead atoms. The molecule has 1 aromatic carbocycles. The summed E-state index contributed by atoms with van der Waals surface area (Å²) in [5.41, 5.74) is -4.90. The van der Waals surface area contributed by atoms with Crippen molar-refractivity contribution in [2.24, 2.45) is 58.2 Å². The van der Waals surface area contributed by atoms with Crippen LogP contribution in [0.25, 0.3) is 0 Å². The molecule has 12 heterocycles. The number of hydrogen-bond donors (Lipinski definition) is 4. The molecule has 14 rings (SSSR count). The summed E-state index contributed by atoms with van der Waals surface area (Å²) in [6, 6.07) is 6.06. The second-order valence-corrected chi connectivity index (χ2v) is 30.7. The number of carbonyl (C=O) groups excluding carboxylic acids is 16. The van der Waals surface area contributed by atoms with Gasteiger partial charge in [-0.2, -0.15) is 0 Å². The first-order valence-electron chi connectivity index (χ1n) is 35.1. The average Bonchev–Trinajstić information content (AvgIpc) is 1.56. The molecule has 13 aliphatic rings. The Balaban J connectivity index is 0.000000193. The minimum atomic E-state index is -1.39. The molecule has 0 spiro atoms. The van der Waals surface area contributed by atoms with E-state index in [9.17, 15) is 76.7 Å². The van der Waals surface area contributed by atoms with Gasteiger partial charge >= 0.3 is 48.3 Å². The molecule has 36 heteroatoms. The van der Waals surface area contributed by atoms with Crippen LogP contribution in [0, 0.1) is 58.2 Å². The molecule has 12 aliphatic heterocycles. The van der Waals surface area contributed by atoms with Gasteiger partial charge in [-0.3, -0.25) is 38.4 Å². The molecule has 4 N–H and O–H groups in total. The van der Waals surface area contributed by atoms with Gasteiger partial charge in [-0.15, -0.1) is 20.3 Å². The molecule has 0 radical (unpaired) electrons. The Morgan fingerprint density at radius 2 is 0.718 bits per heavy atom. The SMILES string of the molecule is C=C(C)C(=O)OCC12C=CC(O1)C1C(=O)N(OC(=O)NCC3(C)CC(NC(=O)ON4C(=O)C5C6C=CC(COC(=O)C(=C)C)(O6)C5C4=O)CC(C)(C)C3)C(=O)C12.C=C(C)C(=O)OCC12C=CC(O1)C1C(=O)N(OC(=O)NCc3cccc(CNC(=O)ON4C(=O)C5C6C=CC(COC(=O)C(=C)C)(O6)C5C4=O)c3)C(=O)C12. The Kier molecular flexibility index (Phi) is 19.6. The zero-order valence-corrected chi connectivity index (χ0v) is 60.6. The largest absolute Gasteiger partial charge is 0.459 e. The smallest absolute Gasteiger partial charge is 0.432 e. The van der Waals surface area contributed by atoms with E-state index in [1.54, 1.807) is 72.9 Å². The number of esters is 4. The van der Waals surface area contributed by atoms with Crippen LogP contribution in [0.4, 0.5) is 19.2 Å². The lowest BCUT2D eigenvalue weighted by Gasteiger charge is -2.46. The van der Waals surface area contributed by atoms with Gasteiger partial charge in [0.2, 0.25) is 0 Å². The fourth-order valence-electron chi connectivity index (χ4n) is 17.1. The highest BCUT2D eigenvalue weighted by Gasteiger charge is 2.73. The highest BCUT2D eigenvalue weighted by atomic mass is 16.8. The summed E-state index contributed by atoms with van der Waals surface area (Å²) in [7, 11) is 0. The Labute approximate surface area is 626 Å². The number of imide groups is 4. The molecule has 18 atom stereocenters. The van der Waals surface area contributed by atoms with E-state index >= 15 is 0 Å². The highest BCUT2D eigenvalue weighted by Crippen LogP contribution is 2.56. The van der Waals surface area contributed by atoms with Crippen molar-refractivity contribution in [2.45, 2.75) is 134 Å². The fourth-order valence-corrected chi connectivity index (χ4v) is 17.1. The van der Waals surface area contributed by atoms with E-state index in [4.69, 9.17) is 57.2 Å². The Morgan fingerprint density at radius 1 is 0.427 bits per heavy atom. The molecule has 1 saturated carbocycles. The summed E-state index contributed by atoms with van der Waals surface area (Å²) in [6.07, 6.45) is 6.77. The van der Waals surface area contributed by atoms with E-state index in [0.29, 0.717) is 50.6 Å². The lowest BCUT2D eigenvalue weighted by Crippen LogP contribution is -2.52. The molecule has 582 valence electrons. The number of hydroxylamine groups is 8. The molecule has 12 amide bonds. The van der Waals surface area contributed by atoms with Crippen LogP contribution in [0.1, 0.15) is 78.9 Å². The van der Waals surface area contributed by atoms with E-state index < -0.39 is 201 Å². The number of fused-ring (bicyclic) bond motifs is 20. The minimum absolute atomic E-state index is 0.0263. The van der Waals surface area contributed by atoms with E-state index in [0.717, 1.165) is 0 Å². The van der Waals surface area contributed by atoms with Crippen molar-refractivity contribution < 1.29 is 134 Å². The number of ether oxygens (including phenoxy) is 8. The zero-order chi connectivity index (χ0) is 79.4. The molecule has 9 fully saturated rings. The summed E-state index contributed by atoms with van der Waals surface area (Å²) >= 11 is 0. The summed E-state index contributed by atoms with van der Waals surface area (Å²) in [5.74, 6) is -17.2. The van der Waals surface area contributed by atoms with E-state index in [2.05, 4.69) is 47.6 Å². The van der Waals surface area contributed by atoms with Gasteiger partial charge in [0.15, 0.2) is 0 Å². The van der Waals surface area contributed by atoms with Crippen molar-refractivity contribution in [1.29, 1.82) is 0 Å². The normalized spacial score (nSPS) is 33.8. The van der Waals surface area contributed by atoms with Crippen LogP contribution >= 0.6 is 0 Å². The summed E-state index contributed by atoms with van der Waals surface area (Å²) in [5, 5.41) is 12.0. The van der Waals surface area contributed by atoms with Gasteiger partial charge in [-0.05, 0) is 93.2 Å². The van der Waals surface area contributed by atoms with Crippen molar-refractivity contribution in [1.82, 2.24) is 41.5 Å². The Hall–Kier alpha value is -11.5. The van der Waals surface area contributed by atoms with Crippen LogP contribution in [0.5, 0.6) is 0 Å². The van der Waals surface area contributed by atoms with Crippen molar-refractivity contribution in [2.75, 3.05) is 33.0 Å². The summed E-state index contributed by atoms with van der Waals surface area (Å²) < 4.78 is 44.6. The first-order valence-corrected chi connectivity index (χ1v) is 35.1. The topological polar surface area (TPSA) is 445 Å². The third-order valence-electron chi connectivity index (χ3n) is 21.6. The van der Waals surface area contributed by atoms with Crippen LogP contribution < -0.4 is 21.3 Å². The summed E-state index contributed by atoms with van der Waals surface area (Å²) in [4.78, 5) is 227. The van der Waals surface area contributed by atoms with Crippen molar-refractivity contribution >= 4 is 95.5 Å². The van der Waals surface area contributed by atoms with Crippen LogP contribution in [0.3, 0.4) is 0 Å². The predicted molar refractivity (Wildman–Crippen MR) is 362 cm³/mol. The van der Waals surface area contributed by atoms with E-state index in [1.165, 1.54) is 27.7 Å². The van der Waals surface area contributed by atoms with Gasteiger partial charge in [0.05, 0.1) is 71.8 Å². The first kappa shape index (κ1) is 76.7. The maximum Gasteiger partial charge on any atom is 0.432 e. The molecule has 8 saturated heterocycles. The molecule has 36 nitrogen and oxygen atoms in total. The van der Waals surface area contributed by atoms with E-state index in [1.807, 2.05) is 20.8 Å². The molecule has 1 aromatic rings. The fraction of sp³-hybridized carbons (Fsp3) is 0.486. The molecular weight excluding hydrogens is 1450 g/mol. The first-order chi connectivity index (χ1) is 51.8. The maximum absolute atomic E-state index is 13.5. The number of amides is 12. The van der Waals surface area contributed by atoms with Gasteiger partial charge < -0.3 is 78.5 Å². The lowest BCUT2D eigenvalue weighted by molar-refractivity contribution is -0.180. The average molecular weight is 1530 g/mol. The van der Waals surface area contributed by atoms with Gasteiger partial charge in [-0.1, -0.05) is 95.7 Å². The molecule has 0 aromatic heterocycles. The van der Waals surface area contributed by atoms with Crippen molar-refractivity contribution in [3.05, 3.63) is 133 Å². The zero-order valence-electron chi connectivity index (χ0n) is 60.6.